The number of amides is 3. The summed E-state index contributed by atoms with van der Waals surface area (Å²) < 4.78 is 0. The van der Waals surface area contributed by atoms with E-state index in [0.717, 1.165) is 38.0 Å². The summed E-state index contributed by atoms with van der Waals surface area (Å²) in [5.74, 6) is -0.139. The summed E-state index contributed by atoms with van der Waals surface area (Å²) >= 11 is 0. The summed E-state index contributed by atoms with van der Waals surface area (Å²) in [6.45, 7) is 4.46. The lowest BCUT2D eigenvalue weighted by molar-refractivity contribution is 0.0954. The van der Waals surface area contributed by atoms with Gasteiger partial charge in [-0.2, -0.15) is 5.26 Å². The average molecular weight is 391 g/mol. The number of hydrogen-bond acceptors (Lipinski definition) is 4. The number of urea groups is 1. The lowest BCUT2D eigenvalue weighted by Crippen LogP contribution is -2.28. The molecule has 0 unspecified atom stereocenters. The minimum absolute atomic E-state index is 0.139. The molecule has 1 aliphatic rings. The highest BCUT2D eigenvalue weighted by molar-refractivity contribution is 6.04. The zero-order chi connectivity index (χ0) is 20.6. The molecule has 150 valence electrons. The minimum Gasteiger partial charge on any atom is -0.371 e. The number of hydrogen-bond donors (Lipinski definition) is 3. The SMILES string of the molecule is CCCNC(=O)c1cc(NC(=O)Nc2cccc(C#N)c2)ccc1N1CCCC1. The van der Waals surface area contributed by atoms with Gasteiger partial charge in [-0.3, -0.25) is 4.79 Å². The third-order valence-corrected chi connectivity index (χ3v) is 4.73. The molecule has 29 heavy (non-hydrogen) atoms. The first kappa shape index (κ1) is 20.2. The van der Waals surface area contributed by atoms with Crippen molar-refractivity contribution >= 4 is 29.0 Å². The van der Waals surface area contributed by atoms with Crippen LogP contribution in [0.3, 0.4) is 0 Å². The van der Waals surface area contributed by atoms with Gasteiger partial charge in [0, 0.05) is 36.7 Å². The standard InChI is InChI=1S/C22H25N5O2/c1-2-10-24-21(28)19-14-18(8-9-20(19)27-11-3-4-12-27)26-22(29)25-17-7-5-6-16(13-17)15-23/h5-9,13-14H,2-4,10-12H2,1H3,(H,24,28)(H2,25,26,29). The van der Waals surface area contributed by atoms with Gasteiger partial charge in [-0.05, 0) is 55.7 Å². The predicted molar refractivity (Wildman–Crippen MR) is 114 cm³/mol. The normalized spacial score (nSPS) is 12.9. The second-order valence-corrected chi connectivity index (χ2v) is 6.95. The molecule has 0 aliphatic carbocycles. The third kappa shape index (κ3) is 5.26. The molecular weight excluding hydrogens is 366 g/mol. The molecule has 1 heterocycles. The van der Waals surface area contributed by atoms with Crippen molar-refractivity contribution in [1.82, 2.24) is 5.32 Å². The Morgan fingerprint density at radius 1 is 1.07 bits per heavy atom. The summed E-state index contributed by atoms with van der Waals surface area (Å²) in [6, 6.07) is 13.7. The zero-order valence-electron chi connectivity index (χ0n) is 16.5. The van der Waals surface area contributed by atoms with Gasteiger partial charge in [0.1, 0.15) is 0 Å². The number of nitriles is 1. The van der Waals surface area contributed by atoms with E-state index in [1.165, 1.54) is 0 Å². The highest BCUT2D eigenvalue weighted by Gasteiger charge is 2.20. The van der Waals surface area contributed by atoms with Gasteiger partial charge in [0.05, 0.1) is 17.2 Å². The lowest BCUT2D eigenvalue weighted by atomic mass is 10.1. The van der Waals surface area contributed by atoms with E-state index in [1.54, 1.807) is 36.4 Å². The van der Waals surface area contributed by atoms with Crippen molar-refractivity contribution in [3.05, 3.63) is 53.6 Å². The molecule has 0 aromatic heterocycles. The summed E-state index contributed by atoms with van der Waals surface area (Å²) in [6.07, 6.45) is 3.08. The summed E-state index contributed by atoms with van der Waals surface area (Å²) in [7, 11) is 0. The molecule has 2 aromatic rings. The van der Waals surface area contributed by atoms with Crippen molar-refractivity contribution in [1.29, 1.82) is 5.26 Å². The number of nitrogens with zero attached hydrogens (tertiary/aromatic N) is 2. The van der Waals surface area contributed by atoms with Crippen molar-refractivity contribution in [3.8, 4) is 6.07 Å². The third-order valence-electron chi connectivity index (χ3n) is 4.73. The highest BCUT2D eigenvalue weighted by Crippen LogP contribution is 2.27. The molecule has 0 atom stereocenters. The summed E-state index contributed by atoms with van der Waals surface area (Å²) in [5.41, 5.74) is 2.97. The van der Waals surface area contributed by atoms with Gasteiger partial charge in [0.2, 0.25) is 0 Å². The molecule has 1 aliphatic heterocycles. The van der Waals surface area contributed by atoms with Crippen LogP contribution >= 0.6 is 0 Å². The van der Waals surface area contributed by atoms with E-state index < -0.39 is 6.03 Å². The second kappa shape index (κ2) is 9.60. The van der Waals surface area contributed by atoms with E-state index in [-0.39, 0.29) is 5.91 Å². The monoisotopic (exact) mass is 391 g/mol. The highest BCUT2D eigenvalue weighted by atomic mass is 16.2. The Balaban J connectivity index is 1.77. The van der Waals surface area contributed by atoms with Crippen molar-refractivity contribution in [2.24, 2.45) is 0 Å². The van der Waals surface area contributed by atoms with Crippen molar-refractivity contribution in [3.63, 3.8) is 0 Å². The van der Waals surface area contributed by atoms with Crippen LogP contribution < -0.4 is 20.9 Å². The molecule has 7 nitrogen and oxygen atoms in total. The quantitative estimate of drug-likeness (QED) is 0.695. The van der Waals surface area contributed by atoms with Crippen LogP contribution in [-0.4, -0.2) is 31.6 Å². The van der Waals surface area contributed by atoms with Crippen LogP contribution in [0.2, 0.25) is 0 Å². The molecule has 3 amide bonds. The smallest absolute Gasteiger partial charge is 0.323 e. The van der Waals surface area contributed by atoms with E-state index in [0.29, 0.717) is 29.0 Å². The first-order chi connectivity index (χ1) is 14.1. The van der Waals surface area contributed by atoms with E-state index in [2.05, 4.69) is 20.9 Å². The van der Waals surface area contributed by atoms with Crippen LogP contribution in [0.5, 0.6) is 0 Å². The first-order valence-corrected chi connectivity index (χ1v) is 9.86. The van der Waals surface area contributed by atoms with E-state index in [1.807, 2.05) is 19.1 Å². The number of carbonyl (C=O) groups is 2. The van der Waals surface area contributed by atoms with Gasteiger partial charge in [0.25, 0.3) is 5.91 Å². The lowest BCUT2D eigenvalue weighted by Gasteiger charge is -2.22. The second-order valence-electron chi connectivity index (χ2n) is 6.95. The molecule has 1 fully saturated rings. The molecule has 0 spiro atoms. The Labute approximate surface area is 170 Å². The van der Waals surface area contributed by atoms with Gasteiger partial charge >= 0.3 is 6.03 Å². The fourth-order valence-electron chi connectivity index (χ4n) is 3.32. The molecule has 3 rings (SSSR count). The van der Waals surface area contributed by atoms with Crippen molar-refractivity contribution in [2.45, 2.75) is 26.2 Å². The Bertz CT molecular complexity index is 929. The Hall–Kier alpha value is -3.53. The van der Waals surface area contributed by atoms with Gasteiger partial charge < -0.3 is 20.9 Å². The molecule has 0 saturated carbocycles. The summed E-state index contributed by atoms with van der Waals surface area (Å²) in [4.78, 5) is 27.3. The van der Waals surface area contributed by atoms with Crippen LogP contribution in [0.25, 0.3) is 0 Å². The maximum atomic E-state index is 12.7. The van der Waals surface area contributed by atoms with Gasteiger partial charge in [-0.25, -0.2) is 4.79 Å². The topological polar surface area (TPSA) is 97.3 Å². The number of nitrogens with one attached hydrogen (secondary N) is 3. The van der Waals surface area contributed by atoms with E-state index in [4.69, 9.17) is 5.26 Å². The van der Waals surface area contributed by atoms with E-state index in [9.17, 15) is 9.59 Å². The first-order valence-electron chi connectivity index (χ1n) is 9.86. The maximum absolute atomic E-state index is 12.7. The maximum Gasteiger partial charge on any atom is 0.323 e. The molecular formula is C22H25N5O2. The van der Waals surface area contributed by atoms with Crippen LogP contribution in [0.4, 0.5) is 21.9 Å². The van der Waals surface area contributed by atoms with Crippen LogP contribution in [0.1, 0.15) is 42.1 Å². The van der Waals surface area contributed by atoms with Crippen LogP contribution in [-0.2, 0) is 0 Å². The molecule has 0 radical (unpaired) electrons. The molecule has 3 N–H and O–H groups in total. The molecule has 7 heteroatoms. The molecule has 1 saturated heterocycles. The minimum atomic E-state index is -0.436. The Morgan fingerprint density at radius 3 is 2.48 bits per heavy atom. The zero-order valence-corrected chi connectivity index (χ0v) is 16.5. The average Bonchev–Trinajstić information content (AvgIpc) is 3.26. The fraction of sp³-hybridized carbons (Fsp3) is 0.318. The molecule has 2 aromatic carbocycles. The van der Waals surface area contributed by atoms with Crippen LogP contribution in [0.15, 0.2) is 42.5 Å². The van der Waals surface area contributed by atoms with E-state index >= 15 is 0 Å². The Morgan fingerprint density at radius 2 is 1.79 bits per heavy atom. The fourth-order valence-corrected chi connectivity index (χ4v) is 3.32. The number of carbonyl (C=O) groups excluding carboxylic acids is 2. The van der Waals surface area contributed by atoms with Crippen LogP contribution in [0, 0.1) is 11.3 Å². The van der Waals surface area contributed by atoms with Gasteiger partial charge in [-0.15, -0.1) is 0 Å². The number of benzene rings is 2. The number of rotatable bonds is 6. The van der Waals surface area contributed by atoms with Gasteiger partial charge in [0.15, 0.2) is 0 Å². The molecule has 0 bridgehead atoms. The Kier molecular flexibility index (Phi) is 6.69. The predicted octanol–water partition coefficient (Wildman–Crippen LogP) is 3.94. The van der Waals surface area contributed by atoms with Crippen molar-refractivity contribution in [2.75, 3.05) is 35.2 Å². The summed E-state index contributed by atoms with van der Waals surface area (Å²) in [5, 5.41) is 17.4. The number of anilines is 3. The largest absolute Gasteiger partial charge is 0.371 e. The van der Waals surface area contributed by atoms with Gasteiger partial charge in [-0.1, -0.05) is 13.0 Å². The van der Waals surface area contributed by atoms with Crippen molar-refractivity contribution < 1.29 is 9.59 Å².